The largest absolute Gasteiger partial charge is 0.465 e. The highest BCUT2D eigenvalue weighted by molar-refractivity contribution is 5.99. The summed E-state index contributed by atoms with van der Waals surface area (Å²) in [5, 5.41) is 2.73. The second kappa shape index (κ2) is 11.5. The molecular weight excluding hydrogens is 449 g/mol. The van der Waals surface area contributed by atoms with Crippen molar-refractivity contribution in [2.24, 2.45) is 29.4 Å². The van der Waals surface area contributed by atoms with Crippen LogP contribution in [-0.2, 0) is 14.3 Å². The van der Waals surface area contributed by atoms with Crippen molar-refractivity contribution in [2.45, 2.75) is 70.3 Å². The van der Waals surface area contributed by atoms with Gasteiger partial charge in [-0.25, -0.2) is 9.18 Å². The second-order valence-electron chi connectivity index (χ2n) is 10.5. The van der Waals surface area contributed by atoms with Gasteiger partial charge in [-0.3, -0.25) is 9.59 Å². The van der Waals surface area contributed by atoms with Gasteiger partial charge in [-0.1, -0.05) is 32.1 Å². The molecule has 0 radical (unpaired) electrons. The Morgan fingerprint density at radius 2 is 1.77 bits per heavy atom. The van der Waals surface area contributed by atoms with E-state index in [4.69, 9.17) is 5.73 Å². The summed E-state index contributed by atoms with van der Waals surface area (Å²) in [6, 6.07) is 3.27. The van der Waals surface area contributed by atoms with E-state index in [9.17, 15) is 18.8 Å². The lowest BCUT2D eigenvalue weighted by Gasteiger charge is -2.36. The zero-order chi connectivity index (χ0) is 24.9. The minimum absolute atomic E-state index is 0.00722. The van der Waals surface area contributed by atoms with Crippen molar-refractivity contribution in [1.29, 1.82) is 0 Å². The average Bonchev–Trinajstić information content (AvgIpc) is 3.35. The molecule has 3 N–H and O–H groups in total. The number of likely N-dealkylation sites (tertiary alicyclic amines) is 1. The van der Waals surface area contributed by atoms with Crippen molar-refractivity contribution in [1.82, 2.24) is 4.90 Å². The molecule has 2 aliphatic carbocycles. The molecule has 1 aromatic carbocycles. The molecule has 1 aromatic rings. The fourth-order valence-corrected chi connectivity index (χ4v) is 6.40. The van der Waals surface area contributed by atoms with Gasteiger partial charge in [0.1, 0.15) is 11.9 Å². The first-order valence-electron chi connectivity index (χ1n) is 13.1. The van der Waals surface area contributed by atoms with Crippen LogP contribution in [0.25, 0.3) is 0 Å². The standard InChI is InChI=1S/C27H38FN3O4/c1-35-27(34)20-11-12-23(22(28)15-20)30-25(32)24-21(18-5-3-2-4-6-18)13-14-31(24)26(33)19-9-7-17(16-29)8-10-19/h11-12,15,17-19,21,24H,2-10,13-14,16,29H2,1H3,(H,30,32)/t17-,19-,21-,24-/m0/s1. The molecule has 35 heavy (non-hydrogen) atoms. The van der Waals surface area contributed by atoms with Crippen molar-refractivity contribution in [3.8, 4) is 0 Å². The van der Waals surface area contributed by atoms with Crippen LogP contribution < -0.4 is 11.1 Å². The number of carbonyl (C=O) groups excluding carboxylic acids is 3. The van der Waals surface area contributed by atoms with E-state index in [1.807, 2.05) is 0 Å². The number of benzene rings is 1. The Morgan fingerprint density at radius 3 is 2.40 bits per heavy atom. The molecule has 0 spiro atoms. The number of hydrogen-bond acceptors (Lipinski definition) is 5. The van der Waals surface area contributed by atoms with Gasteiger partial charge in [0.25, 0.3) is 0 Å². The second-order valence-corrected chi connectivity index (χ2v) is 10.5. The summed E-state index contributed by atoms with van der Waals surface area (Å²) in [4.78, 5) is 40.7. The monoisotopic (exact) mass is 487 g/mol. The number of anilines is 1. The van der Waals surface area contributed by atoms with E-state index in [1.165, 1.54) is 25.7 Å². The normalized spacial score (nSPS) is 27.5. The third kappa shape index (κ3) is 5.68. The maximum absolute atomic E-state index is 14.7. The molecule has 1 saturated heterocycles. The molecule has 1 heterocycles. The van der Waals surface area contributed by atoms with Crippen molar-refractivity contribution < 1.29 is 23.5 Å². The lowest BCUT2D eigenvalue weighted by Crippen LogP contribution is -2.49. The summed E-state index contributed by atoms with van der Waals surface area (Å²) >= 11 is 0. The van der Waals surface area contributed by atoms with E-state index >= 15 is 0 Å². The molecule has 2 atom stereocenters. The quantitative estimate of drug-likeness (QED) is 0.588. The highest BCUT2D eigenvalue weighted by Gasteiger charge is 2.46. The van der Waals surface area contributed by atoms with Crippen molar-refractivity contribution in [3.05, 3.63) is 29.6 Å². The number of nitrogens with zero attached hydrogens (tertiary/aromatic N) is 1. The number of nitrogens with one attached hydrogen (secondary N) is 1. The summed E-state index contributed by atoms with van der Waals surface area (Å²) in [7, 11) is 1.23. The average molecular weight is 488 g/mol. The Balaban J connectivity index is 1.53. The van der Waals surface area contributed by atoms with Crippen LogP contribution in [0, 0.1) is 29.5 Å². The maximum Gasteiger partial charge on any atom is 0.337 e. The van der Waals surface area contributed by atoms with Gasteiger partial charge in [0.05, 0.1) is 18.4 Å². The highest BCUT2D eigenvalue weighted by Crippen LogP contribution is 2.41. The minimum Gasteiger partial charge on any atom is -0.465 e. The lowest BCUT2D eigenvalue weighted by molar-refractivity contribution is -0.142. The number of halogens is 1. The SMILES string of the molecule is COC(=O)c1ccc(NC(=O)[C@@H]2[C@H](C3CCCCC3)CCN2C(=O)[C@H]2CC[C@H](CN)CC2)c(F)c1. The first-order chi connectivity index (χ1) is 16.9. The summed E-state index contributed by atoms with van der Waals surface area (Å²) in [6.45, 7) is 1.22. The van der Waals surface area contributed by atoms with Crippen LogP contribution in [0.15, 0.2) is 18.2 Å². The van der Waals surface area contributed by atoms with Crippen LogP contribution in [-0.4, -0.2) is 48.9 Å². The summed E-state index contributed by atoms with van der Waals surface area (Å²) in [5.74, 6) is -0.750. The van der Waals surface area contributed by atoms with Gasteiger partial charge in [-0.2, -0.15) is 0 Å². The topological polar surface area (TPSA) is 102 Å². The van der Waals surface area contributed by atoms with Crippen LogP contribution in [0.1, 0.15) is 74.6 Å². The highest BCUT2D eigenvalue weighted by atomic mass is 19.1. The number of ether oxygens (including phenoxy) is 1. The molecule has 0 unspecified atom stereocenters. The molecule has 4 rings (SSSR count). The first-order valence-corrected chi connectivity index (χ1v) is 13.1. The molecular formula is C27H38FN3O4. The van der Waals surface area contributed by atoms with Crippen molar-refractivity contribution in [2.75, 3.05) is 25.5 Å². The minimum atomic E-state index is -0.702. The summed E-state index contributed by atoms with van der Waals surface area (Å²) in [6.07, 6.45) is 9.96. The Hall–Kier alpha value is -2.48. The van der Waals surface area contributed by atoms with E-state index in [0.717, 1.165) is 63.9 Å². The van der Waals surface area contributed by atoms with Crippen LogP contribution >= 0.6 is 0 Å². The van der Waals surface area contributed by atoms with Gasteiger partial charge in [-0.05, 0) is 74.6 Å². The predicted octanol–water partition coefficient (Wildman–Crippen LogP) is 4.11. The van der Waals surface area contributed by atoms with E-state index in [0.29, 0.717) is 24.9 Å². The Morgan fingerprint density at radius 1 is 1.06 bits per heavy atom. The molecule has 3 aliphatic rings. The van der Waals surface area contributed by atoms with E-state index in [1.54, 1.807) is 4.90 Å². The van der Waals surface area contributed by atoms with E-state index in [2.05, 4.69) is 10.1 Å². The number of methoxy groups -OCH3 is 1. The van der Waals surface area contributed by atoms with Gasteiger partial charge in [-0.15, -0.1) is 0 Å². The van der Waals surface area contributed by atoms with E-state index in [-0.39, 0.29) is 34.9 Å². The van der Waals surface area contributed by atoms with Gasteiger partial charge in [0, 0.05) is 12.5 Å². The van der Waals surface area contributed by atoms with Crippen molar-refractivity contribution >= 4 is 23.5 Å². The van der Waals surface area contributed by atoms with Crippen LogP contribution in [0.3, 0.4) is 0 Å². The molecule has 8 heteroatoms. The number of rotatable bonds is 6. The van der Waals surface area contributed by atoms with Crippen LogP contribution in [0.4, 0.5) is 10.1 Å². The Labute approximate surface area is 206 Å². The predicted molar refractivity (Wildman–Crippen MR) is 131 cm³/mol. The molecule has 1 aliphatic heterocycles. The molecule has 7 nitrogen and oxygen atoms in total. The Kier molecular flexibility index (Phi) is 8.42. The van der Waals surface area contributed by atoms with E-state index < -0.39 is 17.8 Å². The number of amides is 2. The Bertz CT molecular complexity index is 925. The molecule has 2 amide bonds. The third-order valence-corrected chi connectivity index (χ3v) is 8.43. The van der Waals surface area contributed by atoms with Crippen molar-refractivity contribution in [3.63, 3.8) is 0 Å². The smallest absolute Gasteiger partial charge is 0.337 e. The summed E-state index contributed by atoms with van der Waals surface area (Å²) < 4.78 is 19.4. The summed E-state index contributed by atoms with van der Waals surface area (Å²) in [5.41, 5.74) is 5.91. The van der Waals surface area contributed by atoms with Crippen LogP contribution in [0.5, 0.6) is 0 Å². The first kappa shape index (κ1) is 25.6. The molecule has 2 saturated carbocycles. The molecule has 0 bridgehead atoms. The molecule has 192 valence electrons. The molecule has 0 aromatic heterocycles. The number of hydrogen-bond donors (Lipinski definition) is 2. The zero-order valence-electron chi connectivity index (χ0n) is 20.6. The number of nitrogens with two attached hydrogens (primary N) is 1. The third-order valence-electron chi connectivity index (χ3n) is 8.43. The number of esters is 1. The van der Waals surface area contributed by atoms with Crippen LogP contribution in [0.2, 0.25) is 0 Å². The fraction of sp³-hybridized carbons (Fsp3) is 0.667. The molecule has 3 fully saturated rings. The van der Waals surface area contributed by atoms with Gasteiger partial charge < -0.3 is 20.7 Å². The lowest BCUT2D eigenvalue weighted by atomic mass is 9.76. The van der Waals surface area contributed by atoms with Gasteiger partial charge >= 0.3 is 5.97 Å². The fourth-order valence-electron chi connectivity index (χ4n) is 6.40. The maximum atomic E-state index is 14.7. The van der Waals surface area contributed by atoms with Gasteiger partial charge in [0.15, 0.2) is 0 Å². The van der Waals surface area contributed by atoms with Gasteiger partial charge in [0.2, 0.25) is 11.8 Å². The zero-order valence-corrected chi connectivity index (χ0v) is 20.6. The number of carbonyl (C=O) groups is 3.